The third-order valence-electron chi connectivity index (χ3n) is 6.33. The molecule has 1 aromatic heterocycles. The first-order valence-electron chi connectivity index (χ1n) is 12.1. The van der Waals surface area contributed by atoms with Gasteiger partial charge in [-0.25, -0.2) is 4.98 Å². The smallest absolute Gasteiger partial charge is 0.260 e. The predicted molar refractivity (Wildman–Crippen MR) is 149 cm³/mol. The molecule has 0 unspecified atom stereocenters. The minimum Gasteiger partial charge on any atom is -0.495 e. The Morgan fingerprint density at radius 1 is 1.06 bits per heavy atom. The average molecular weight is 534 g/mol. The molecule has 0 atom stereocenters. The molecule has 1 amide bonds. The molecule has 1 aliphatic rings. The lowest BCUT2D eigenvalue weighted by Crippen LogP contribution is -2.39. The summed E-state index contributed by atoms with van der Waals surface area (Å²) in [4.78, 5) is 22.8. The zero-order chi connectivity index (χ0) is 25.0. The highest BCUT2D eigenvalue weighted by Gasteiger charge is 2.24. The van der Waals surface area contributed by atoms with Gasteiger partial charge in [0.25, 0.3) is 5.91 Å². The molecule has 4 rings (SSSR count). The van der Waals surface area contributed by atoms with Gasteiger partial charge in [-0.1, -0.05) is 44.2 Å². The Morgan fingerprint density at radius 2 is 1.69 bits per heavy atom. The summed E-state index contributed by atoms with van der Waals surface area (Å²) in [6, 6.07) is 11.7. The number of amides is 1. The van der Waals surface area contributed by atoms with E-state index in [1.807, 2.05) is 36.4 Å². The van der Waals surface area contributed by atoms with Crippen molar-refractivity contribution in [3.63, 3.8) is 0 Å². The van der Waals surface area contributed by atoms with Gasteiger partial charge in [0.05, 0.1) is 27.4 Å². The van der Waals surface area contributed by atoms with Crippen LogP contribution in [0.4, 0.5) is 5.13 Å². The Hall–Kier alpha value is -2.39. The van der Waals surface area contributed by atoms with Crippen molar-refractivity contribution in [2.24, 2.45) is 0 Å². The van der Waals surface area contributed by atoms with Gasteiger partial charge in [-0.2, -0.15) is 0 Å². The van der Waals surface area contributed by atoms with Gasteiger partial charge < -0.3 is 14.2 Å². The second-order valence-electron chi connectivity index (χ2n) is 9.74. The number of carbonyl (C=O) groups is 1. The fourth-order valence-corrected chi connectivity index (χ4v) is 5.32. The van der Waals surface area contributed by atoms with Crippen molar-refractivity contribution in [3.8, 4) is 11.5 Å². The highest BCUT2D eigenvalue weighted by atomic mass is 35.5. The van der Waals surface area contributed by atoms with Gasteiger partial charge in [0.2, 0.25) is 0 Å². The minimum absolute atomic E-state index is 0. The monoisotopic (exact) mass is 533 g/mol. The fourth-order valence-electron chi connectivity index (χ4n) is 4.22. The first-order chi connectivity index (χ1) is 16.8. The fraction of sp³-hybridized carbons (Fsp3) is 0.481. The molecule has 0 saturated carbocycles. The molecule has 2 aromatic carbocycles. The van der Waals surface area contributed by atoms with Crippen LogP contribution in [0.3, 0.4) is 0 Å². The number of morpholine rings is 1. The molecular weight excluding hydrogens is 498 g/mol. The average Bonchev–Trinajstić information content (AvgIpc) is 3.31. The molecule has 3 aromatic rings. The molecule has 36 heavy (non-hydrogen) atoms. The van der Waals surface area contributed by atoms with Gasteiger partial charge in [-0.05, 0) is 41.7 Å². The molecule has 0 aliphatic carbocycles. The maximum atomic E-state index is 13.8. The lowest BCUT2D eigenvalue weighted by atomic mass is 9.86. The van der Waals surface area contributed by atoms with Crippen molar-refractivity contribution in [2.45, 2.75) is 32.6 Å². The van der Waals surface area contributed by atoms with Crippen LogP contribution in [0.5, 0.6) is 11.5 Å². The van der Waals surface area contributed by atoms with Crippen LogP contribution in [-0.2, 0) is 10.2 Å². The van der Waals surface area contributed by atoms with Crippen molar-refractivity contribution >= 4 is 45.0 Å². The highest BCUT2D eigenvalue weighted by Crippen LogP contribution is 2.40. The van der Waals surface area contributed by atoms with Crippen molar-refractivity contribution in [1.29, 1.82) is 0 Å². The van der Waals surface area contributed by atoms with Crippen LogP contribution in [0.25, 0.3) is 10.2 Å². The largest absolute Gasteiger partial charge is 0.495 e. The summed E-state index contributed by atoms with van der Waals surface area (Å²) in [5.74, 6) is 1.34. The Labute approximate surface area is 223 Å². The van der Waals surface area contributed by atoms with E-state index in [0.29, 0.717) is 28.5 Å². The Bertz CT molecular complexity index is 1110. The number of thiazole rings is 1. The van der Waals surface area contributed by atoms with Gasteiger partial charge in [0, 0.05) is 31.7 Å². The van der Waals surface area contributed by atoms with Gasteiger partial charge in [-0.15, -0.1) is 12.4 Å². The lowest BCUT2D eigenvalue weighted by molar-refractivity contribution is 0.0376. The minimum atomic E-state index is -0.0515. The number of hydrogen-bond acceptors (Lipinski definition) is 7. The second-order valence-corrected chi connectivity index (χ2v) is 10.7. The number of anilines is 1. The number of nitrogens with zero attached hydrogens (tertiary/aromatic N) is 3. The number of benzene rings is 2. The normalized spacial score (nSPS) is 14.4. The van der Waals surface area contributed by atoms with Crippen LogP contribution in [0.15, 0.2) is 36.4 Å². The summed E-state index contributed by atoms with van der Waals surface area (Å²) >= 11 is 1.46. The summed E-state index contributed by atoms with van der Waals surface area (Å²) in [6.07, 6.45) is 0.843. The van der Waals surface area contributed by atoms with Crippen LogP contribution < -0.4 is 14.4 Å². The van der Waals surface area contributed by atoms with Gasteiger partial charge in [0.1, 0.15) is 21.7 Å². The number of ether oxygens (including phenoxy) is 3. The molecule has 0 spiro atoms. The van der Waals surface area contributed by atoms with Gasteiger partial charge in [0.15, 0.2) is 5.13 Å². The Kier molecular flexibility index (Phi) is 9.58. The number of rotatable bonds is 8. The zero-order valence-corrected chi connectivity index (χ0v) is 23.3. The van der Waals surface area contributed by atoms with Gasteiger partial charge >= 0.3 is 0 Å². The maximum Gasteiger partial charge on any atom is 0.260 e. The van der Waals surface area contributed by atoms with Crippen LogP contribution in [0.1, 0.15) is 43.1 Å². The topological polar surface area (TPSA) is 64.1 Å². The molecule has 7 nitrogen and oxygen atoms in total. The standard InChI is InChI=1S/C27H35N3O4S.ClH/c1-27(2,3)20-9-7-19(8-10-20)25(31)30(14-6-13-29-15-17-34-18-16-29)26-28-23-21(32-4)11-12-22(33-5)24(23)35-26;/h7-12H,6,13-18H2,1-5H3;1H. The van der Waals surface area contributed by atoms with E-state index in [1.54, 1.807) is 19.1 Å². The van der Waals surface area contributed by atoms with Crippen molar-refractivity contribution in [2.75, 3.05) is 58.5 Å². The second kappa shape index (κ2) is 12.2. The summed E-state index contributed by atoms with van der Waals surface area (Å²) in [7, 11) is 3.27. The van der Waals surface area contributed by atoms with E-state index < -0.39 is 0 Å². The number of methoxy groups -OCH3 is 2. The third-order valence-corrected chi connectivity index (χ3v) is 7.43. The molecule has 1 saturated heterocycles. The highest BCUT2D eigenvalue weighted by molar-refractivity contribution is 7.22. The van der Waals surface area contributed by atoms with E-state index in [1.165, 1.54) is 16.9 Å². The Morgan fingerprint density at radius 3 is 2.31 bits per heavy atom. The molecular formula is C27H36ClN3O4S. The van der Waals surface area contributed by atoms with Crippen LogP contribution >= 0.6 is 23.7 Å². The van der Waals surface area contributed by atoms with E-state index >= 15 is 0 Å². The number of aromatic nitrogens is 1. The summed E-state index contributed by atoms with van der Waals surface area (Å²) in [6.45, 7) is 11.4. The van der Waals surface area contributed by atoms with E-state index in [0.717, 1.165) is 49.7 Å². The molecule has 0 bridgehead atoms. The van der Waals surface area contributed by atoms with E-state index in [-0.39, 0.29) is 23.7 Å². The molecule has 0 radical (unpaired) electrons. The van der Waals surface area contributed by atoms with Crippen molar-refractivity contribution < 1.29 is 19.0 Å². The SMILES string of the molecule is COc1ccc(OC)c2sc(N(CCCN3CCOCC3)C(=O)c3ccc(C(C)(C)C)cc3)nc12.Cl. The number of fused-ring (bicyclic) bond motifs is 1. The molecule has 196 valence electrons. The quantitative estimate of drug-likeness (QED) is 0.386. The van der Waals surface area contributed by atoms with Crippen molar-refractivity contribution in [3.05, 3.63) is 47.5 Å². The van der Waals surface area contributed by atoms with Crippen LogP contribution in [0.2, 0.25) is 0 Å². The molecule has 1 fully saturated rings. The number of hydrogen-bond donors (Lipinski definition) is 0. The van der Waals surface area contributed by atoms with Crippen molar-refractivity contribution in [1.82, 2.24) is 9.88 Å². The molecule has 2 heterocycles. The summed E-state index contributed by atoms with van der Waals surface area (Å²) in [5.41, 5.74) is 2.59. The predicted octanol–water partition coefficient (Wildman–Crippen LogP) is 5.40. The van der Waals surface area contributed by atoms with E-state index in [9.17, 15) is 4.79 Å². The van der Waals surface area contributed by atoms with Crippen LogP contribution in [0, 0.1) is 0 Å². The molecule has 9 heteroatoms. The zero-order valence-electron chi connectivity index (χ0n) is 21.7. The molecule has 0 N–H and O–H groups in total. The van der Waals surface area contributed by atoms with Crippen LogP contribution in [-0.4, -0.2) is 69.4 Å². The van der Waals surface area contributed by atoms with E-state index in [4.69, 9.17) is 19.2 Å². The first-order valence-corrected chi connectivity index (χ1v) is 12.9. The first kappa shape index (κ1) is 28.2. The number of halogens is 1. The number of carbonyl (C=O) groups excluding carboxylic acids is 1. The summed E-state index contributed by atoms with van der Waals surface area (Å²) < 4.78 is 17.4. The molecule has 1 aliphatic heterocycles. The third kappa shape index (κ3) is 6.29. The maximum absolute atomic E-state index is 13.8. The summed E-state index contributed by atoms with van der Waals surface area (Å²) in [5, 5.41) is 0.648. The van der Waals surface area contributed by atoms with E-state index in [2.05, 4.69) is 25.7 Å². The van der Waals surface area contributed by atoms with Gasteiger partial charge in [-0.3, -0.25) is 14.6 Å². The Balaban J connectivity index is 0.00000361. The lowest BCUT2D eigenvalue weighted by Gasteiger charge is -2.28.